The maximum Gasteiger partial charge on any atom is 0.387 e. The molecule has 0 fully saturated rings. The number of aryl methyl sites for hydroxylation is 1. The number of halogens is 2. The van der Waals surface area contributed by atoms with Crippen molar-refractivity contribution in [1.29, 1.82) is 0 Å². The molecule has 5 nitrogen and oxygen atoms in total. The third-order valence-corrected chi connectivity index (χ3v) is 4.03. The molecule has 1 aromatic carbocycles. The number of aromatic nitrogens is 2. The number of ether oxygens (including phenoxy) is 1. The molecule has 0 aliphatic carbocycles. The standard InChI is InChI=1S/C20H18F2N2O3/c1-12-2-4-13(5-3-12)18-17(27-20(21)22)9-8-16(24-18)19(26)14-6-7-15(11-25)23-10-14/h2-10,19-20,25-26H,11H2,1H3/t19-/m0/s1. The number of pyridine rings is 2. The molecule has 3 aromatic rings. The van der Waals surface area contributed by atoms with Crippen molar-refractivity contribution in [2.24, 2.45) is 0 Å². The molecular weight excluding hydrogens is 354 g/mol. The van der Waals surface area contributed by atoms with Crippen LogP contribution in [0, 0.1) is 6.92 Å². The van der Waals surface area contributed by atoms with Gasteiger partial charge in [-0.15, -0.1) is 0 Å². The molecule has 2 heterocycles. The highest BCUT2D eigenvalue weighted by atomic mass is 19.3. The van der Waals surface area contributed by atoms with Crippen molar-refractivity contribution in [3.8, 4) is 17.0 Å². The molecule has 0 saturated carbocycles. The van der Waals surface area contributed by atoms with Crippen LogP contribution < -0.4 is 4.74 Å². The van der Waals surface area contributed by atoms with Crippen LogP contribution in [0.4, 0.5) is 8.78 Å². The van der Waals surface area contributed by atoms with Crippen LogP contribution in [0.15, 0.2) is 54.7 Å². The topological polar surface area (TPSA) is 75.5 Å². The third kappa shape index (κ3) is 4.45. The first kappa shape index (κ1) is 18.9. The number of nitrogens with zero attached hydrogens (tertiary/aromatic N) is 2. The van der Waals surface area contributed by atoms with Gasteiger partial charge in [-0.1, -0.05) is 35.9 Å². The highest BCUT2D eigenvalue weighted by Gasteiger charge is 2.18. The second-order valence-corrected chi connectivity index (χ2v) is 5.97. The summed E-state index contributed by atoms with van der Waals surface area (Å²) in [6.07, 6.45) is 0.336. The fraction of sp³-hybridized carbons (Fsp3) is 0.200. The molecule has 0 saturated heterocycles. The lowest BCUT2D eigenvalue weighted by Crippen LogP contribution is -2.08. The SMILES string of the molecule is Cc1ccc(-c2nc([C@@H](O)c3ccc(CO)nc3)ccc2OC(F)F)cc1. The molecule has 0 radical (unpaired) electrons. The third-order valence-electron chi connectivity index (χ3n) is 4.03. The molecule has 0 aliphatic heterocycles. The summed E-state index contributed by atoms with van der Waals surface area (Å²) in [6, 6.07) is 13.2. The van der Waals surface area contributed by atoms with Crippen LogP contribution in [-0.2, 0) is 6.61 Å². The summed E-state index contributed by atoms with van der Waals surface area (Å²) >= 11 is 0. The van der Waals surface area contributed by atoms with Crippen molar-refractivity contribution in [1.82, 2.24) is 9.97 Å². The van der Waals surface area contributed by atoms with Gasteiger partial charge in [0.1, 0.15) is 11.8 Å². The monoisotopic (exact) mass is 372 g/mol. The Bertz CT molecular complexity index is 900. The minimum Gasteiger partial charge on any atom is -0.432 e. The summed E-state index contributed by atoms with van der Waals surface area (Å²) in [4.78, 5) is 8.39. The summed E-state index contributed by atoms with van der Waals surface area (Å²) in [5.41, 5.74) is 3.04. The van der Waals surface area contributed by atoms with Crippen molar-refractivity contribution in [3.63, 3.8) is 0 Å². The maximum absolute atomic E-state index is 12.7. The van der Waals surface area contributed by atoms with Crippen molar-refractivity contribution >= 4 is 0 Å². The van der Waals surface area contributed by atoms with E-state index in [1.165, 1.54) is 18.3 Å². The van der Waals surface area contributed by atoms with E-state index in [-0.39, 0.29) is 23.7 Å². The van der Waals surface area contributed by atoms with Crippen LogP contribution >= 0.6 is 0 Å². The predicted octanol–water partition coefficient (Wildman–Crippen LogP) is 3.63. The predicted molar refractivity (Wildman–Crippen MR) is 95.3 cm³/mol. The van der Waals surface area contributed by atoms with Gasteiger partial charge in [-0.05, 0) is 25.1 Å². The molecule has 0 spiro atoms. The summed E-state index contributed by atoms with van der Waals surface area (Å²) < 4.78 is 30.1. The van der Waals surface area contributed by atoms with E-state index >= 15 is 0 Å². The smallest absolute Gasteiger partial charge is 0.387 e. The zero-order valence-electron chi connectivity index (χ0n) is 14.5. The van der Waals surface area contributed by atoms with E-state index < -0.39 is 12.7 Å². The second kappa shape index (κ2) is 8.20. The van der Waals surface area contributed by atoms with E-state index in [0.717, 1.165) is 5.56 Å². The van der Waals surface area contributed by atoms with Gasteiger partial charge < -0.3 is 14.9 Å². The van der Waals surface area contributed by atoms with Gasteiger partial charge in [0.25, 0.3) is 0 Å². The van der Waals surface area contributed by atoms with Crippen LogP contribution in [0.3, 0.4) is 0 Å². The molecule has 3 rings (SSSR count). The Morgan fingerprint density at radius 1 is 1.04 bits per heavy atom. The van der Waals surface area contributed by atoms with E-state index in [2.05, 4.69) is 14.7 Å². The van der Waals surface area contributed by atoms with E-state index in [1.54, 1.807) is 24.3 Å². The van der Waals surface area contributed by atoms with Gasteiger partial charge in [-0.25, -0.2) is 4.98 Å². The molecule has 27 heavy (non-hydrogen) atoms. The number of rotatable bonds is 6. The Hall–Kier alpha value is -2.90. The quantitative estimate of drug-likeness (QED) is 0.691. The summed E-state index contributed by atoms with van der Waals surface area (Å²) in [5.74, 6) is -0.0708. The molecule has 2 N–H and O–H groups in total. The first-order valence-electron chi connectivity index (χ1n) is 8.24. The number of aliphatic hydroxyl groups excluding tert-OH is 2. The first-order chi connectivity index (χ1) is 13.0. The Balaban J connectivity index is 2.00. The highest BCUT2D eigenvalue weighted by Crippen LogP contribution is 2.32. The molecule has 0 unspecified atom stereocenters. The fourth-order valence-corrected chi connectivity index (χ4v) is 2.59. The lowest BCUT2D eigenvalue weighted by Gasteiger charge is -2.15. The van der Waals surface area contributed by atoms with Crippen LogP contribution in [-0.4, -0.2) is 26.8 Å². The van der Waals surface area contributed by atoms with Crippen LogP contribution in [0.25, 0.3) is 11.3 Å². The molecule has 0 bridgehead atoms. The van der Waals surface area contributed by atoms with Gasteiger partial charge in [0.15, 0.2) is 5.75 Å². The van der Waals surface area contributed by atoms with Crippen molar-refractivity contribution in [2.45, 2.75) is 26.2 Å². The van der Waals surface area contributed by atoms with E-state index in [4.69, 9.17) is 5.11 Å². The molecule has 0 amide bonds. The van der Waals surface area contributed by atoms with Crippen molar-refractivity contribution in [2.75, 3.05) is 0 Å². The zero-order chi connectivity index (χ0) is 19.4. The summed E-state index contributed by atoms with van der Waals surface area (Å²) in [6.45, 7) is -1.27. The minimum atomic E-state index is -2.98. The first-order valence-corrected chi connectivity index (χ1v) is 8.24. The lowest BCUT2D eigenvalue weighted by atomic mass is 10.0. The molecule has 140 valence electrons. The Kier molecular flexibility index (Phi) is 5.73. The number of aliphatic hydroxyl groups is 2. The zero-order valence-corrected chi connectivity index (χ0v) is 14.5. The van der Waals surface area contributed by atoms with E-state index in [1.807, 2.05) is 19.1 Å². The van der Waals surface area contributed by atoms with Crippen LogP contribution in [0.2, 0.25) is 0 Å². The number of hydrogen-bond acceptors (Lipinski definition) is 5. The highest BCUT2D eigenvalue weighted by molar-refractivity contribution is 5.67. The van der Waals surface area contributed by atoms with Gasteiger partial charge >= 0.3 is 6.61 Å². The van der Waals surface area contributed by atoms with Crippen molar-refractivity contribution < 1.29 is 23.7 Å². The molecule has 1 atom stereocenters. The average Bonchev–Trinajstić information content (AvgIpc) is 2.68. The Morgan fingerprint density at radius 2 is 1.78 bits per heavy atom. The van der Waals surface area contributed by atoms with Gasteiger partial charge in [0, 0.05) is 17.3 Å². The van der Waals surface area contributed by atoms with E-state index in [0.29, 0.717) is 16.8 Å². The minimum absolute atomic E-state index is 0.0708. The summed E-state index contributed by atoms with van der Waals surface area (Å²) in [5, 5.41) is 19.6. The van der Waals surface area contributed by atoms with Crippen LogP contribution in [0.5, 0.6) is 5.75 Å². The fourth-order valence-electron chi connectivity index (χ4n) is 2.59. The molecular formula is C20H18F2N2O3. The summed E-state index contributed by atoms with van der Waals surface area (Å²) in [7, 11) is 0. The Morgan fingerprint density at radius 3 is 2.37 bits per heavy atom. The normalized spacial score (nSPS) is 12.2. The lowest BCUT2D eigenvalue weighted by molar-refractivity contribution is -0.0496. The average molecular weight is 372 g/mol. The number of benzene rings is 1. The van der Waals surface area contributed by atoms with Gasteiger partial charge in [0.2, 0.25) is 0 Å². The maximum atomic E-state index is 12.7. The second-order valence-electron chi connectivity index (χ2n) is 5.97. The molecule has 7 heteroatoms. The van der Waals surface area contributed by atoms with Gasteiger partial charge in [0.05, 0.1) is 18.0 Å². The molecule has 2 aromatic heterocycles. The molecule has 0 aliphatic rings. The number of alkyl halides is 2. The van der Waals surface area contributed by atoms with Gasteiger partial charge in [-0.2, -0.15) is 8.78 Å². The van der Waals surface area contributed by atoms with Crippen molar-refractivity contribution in [3.05, 3.63) is 77.2 Å². The van der Waals surface area contributed by atoms with Gasteiger partial charge in [-0.3, -0.25) is 4.98 Å². The largest absolute Gasteiger partial charge is 0.432 e. The number of hydrogen-bond donors (Lipinski definition) is 2. The Labute approximate surface area is 154 Å². The van der Waals surface area contributed by atoms with Crippen LogP contribution in [0.1, 0.15) is 28.6 Å². The van der Waals surface area contributed by atoms with E-state index in [9.17, 15) is 13.9 Å².